The number of nitrogens with zero attached hydrogens (tertiary/aromatic N) is 3. The van der Waals surface area contributed by atoms with Gasteiger partial charge in [0.25, 0.3) is 11.5 Å². The molecule has 0 spiro atoms. The van der Waals surface area contributed by atoms with E-state index >= 15 is 0 Å². The first-order valence-corrected chi connectivity index (χ1v) is 10.1. The number of likely N-dealkylation sites (tertiary alicyclic amines) is 1. The molecule has 0 aromatic carbocycles. The van der Waals surface area contributed by atoms with Gasteiger partial charge in [-0.15, -0.1) is 11.3 Å². The fourth-order valence-electron chi connectivity index (χ4n) is 3.21. The summed E-state index contributed by atoms with van der Waals surface area (Å²) in [5.41, 5.74) is -0.00720. The van der Waals surface area contributed by atoms with Gasteiger partial charge in [0, 0.05) is 26.2 Å². The van der Waals surface area contributed by atoms with Gasteiger partial charge in [0.15, 0.2) is 0 Å². The van der Waals surface area contributed by atoms with Crippen molar-refractivity contribution in [3.63, 3.8) is 0 Å². The smallest absolute Gasteiger partial charge is 0.410 e. The van der Waals surface area contributed by atoms with Gasteiger partial charge in [0.1, 0.15) is 10.4 Å². The predicted molar refractivity (Wildman–Crippen MR) is 108 cm³/mol. The summed E-state index contributed by atoms with van der Waals surface area (Å²) >= 11 is 1.23. The molecule has 152 valence electrons. The summed E-state index contributed by atoms with van der Waals surface area (Å²) < 4.78 is 6.81. The number of carbonyl (C=O) groups is 2. The van der Waals surface area contributed by atoms with Gasteiger partial charge >= 0.3 is 6.09 Å². The summed E-state index contributed by atoms with van der Waals surface area (Å²) in [7, 11) is 1.64. The maximum atomic E-state index is 12.8. The highest BCUT2D eigenvalue weighted by molar-refractivity contribution is 7.20. The first kappa shape index (κ1) is 20.3. The normalized spacial score (nSPS) is 15.7. The average molecular weight is 407 g/mol. The number of hydrogen-bond acceptors (Lipinski definition) is 6. The number of piperidine rings is 1. The van der Waals surface area contributed by atoms with E-state index in [4.69, 9.17) is 4.74 Å². The van der Waals surface area contributed by atoms with Crippen molar-refractivity contribution in [1.29, 1.82) is 0 Å². The Morgan fingerprint density at radius 3 is 2.54 bits per heavy atom. The summed E-state index contributed by atoms with van der Waals surface area (Å²) in [4.78, 5) is 44.2. The molecular weight excluding hydrogens is 380 g/mol. The van der Waals surface area contributed by atoms with E-state index in [0.717, 1.165) is 0 Å². The third-order valence-electron chi connectivity index (χ3n) is 4.70. The third-order valence-corrected chi connectivity index (χ3v) is 5.90. The average Bonchev–Trinajstić information content (AvgIpc) is 2.95. The molecule has 3 heterocycles. The molecule has 0 aliphatic carbocycles. The quantitative estimate of drug-likeness (QED) is 0.827. The fraction of sp³-hybridized carbons (Fsp3) is 0.579. The van der Waals surface area contributed by atoms with Crippen molar-refractivity contribution in [3.8, 4) is 0 Å². The SMILES string of the molecule is Cc1c(C(=O)NC2CCN(C(=O)OC(C)(C)C)CC2)sc2ncn(C)c(=O)c12. The van der Waals surface area contributed by atoms with Crippen molar-refractivity contribution in [3.05, 3.63) is 27.1 Å². The first-order chi connectivity index (χ1) is 13.1. The molecule has 1 saturated heterocycles. The number of thiophene rings is 1. The number of carbonyl (C=O) groups excluding carboxylic acids is 2. The molecule has 0 atom stereocenters. The van der Waals surface area contributed by atoms with E-state index in [1.807, 2.05) is 20.8 Å². The van der Waals surface area contributed by atoms with E-state index in [1.54, 1.807) is 18.9 Å². The summed E-state index contributed by atoms with van der Waals surface area (Å²) in [6, 6.07) is -0.0217. The minimum atomic E-state index is -0.522. The Labute approximate surface area is 167 Å². The lowest BCUT2D eigenvalue weighted by molar-refractivity contribution is 0.0200. The molecule has 0 unspecified atom stereocenters. The summed E-state index contributed by atoms with van der Waals surface area (Å²) in [5.74, 6) is -0.196. The Hall–Kier alpha value is -2.42. The summed E-state index contributed by atoms with van der Waals surface area (Å²) in [6.07, 6.45) is 2.47. The lowest BCUT2D eigenvalue weighted by atomic mass is 10.0. The highest BCUT2D eigenvalue weighted by Crippen LogP contribution is 2.27. The lowest BCUT2D eigenvalue weighted by Gasteiger charge is -2.33. The molecule has 0 radical (unpaired) electrons. The minimum Gasteiger partial charge on any atom is -0.444 e. The van der Waals surface area contributed by atoms with Crippen LogP contribution in [0.2, 0.25) is 0 Å². The molecular formula is C19H26N4O4S. The van der Waals surface area contributed by atoms with E-state index in [0.29, 0.717) is 46.6 Å². The number of aromatic nitrogens is 2. The van der Waals surface area contributed by atoms with Crippen LogP contribution in [-0.2, 0) is 11.8 Å². The topological polar surface area (TPSA) is 93.5 Å². The molecule has 2 amide bonds. The van der Waals surface area contributed by atoms with Crippen molar-refractivity contribution < 1.29 is 14.3 Å². The Morgan fingerprint density at radius 1 is 1.29 bits per heavy atom. The third kappa shape index (κ3) is 4.19. The monoisotopic (exact) mass is 406 g/mol. The van der Waals surface area contributed by atoms with Crippen LogP contribution in [0.3, 0.4) is 0 Å². The van der Waals surface area contributed by atoms with Crippen LogP contribution in [0.25, 0.3) is 10.2 Å². The molecule has 1 aliphatic heterocycles. The second kappa shape index (κ2) is 7.54. The Kier molecular flexibility index (Phi) is 5.47. The highest BCUT2D eigenvalue weighted by atomic mass is 32.1. The van der Waals surface area contributed by atoms with E-state index in [2.05, 4.69) is 10.3 Å². The maximum absolute atomic E-state index is 12.8. The molecule has 3 rings (SSSR count). The van der Waals surface area contributed by atoms with Crippen LogP contribution in [0, 0.1) is 6.92 Å². The van der Waals surface area contributed by atoms with Crippen molar-refractivity contribution in [2.24, 2.45) is 7.05 Å². The second-order valence-electron chi connectivity index (χ2n) is 8.11. The van der Waals surface area contributed by atoms with Gasteiger partial charge in [-0.3, -0.25) is 9.59 Å². The molecule has 1 fully saturated rings. The lowest BCUT2D eigenvalue weighted by Crippen LogP contribution is -2.47. The van der Waals surface area contributed by atoms with Crippen molar-refractivity contribution in [2.75, 3.05) is 13.1 Å². The maximum Gasteiger partial charge on any atom is 0.410 e. The highest BCUT2D eigenvalue weighted by Gasteiger charge is 2.28. The summed E-state index contributed by atoms with van der Waals surface area (Å²) in [5, 5.41) is 3.53. The van der Waals surface area contributed by atoms with Gasteiger partial charge in [-0.25, -0.2) is 9.78 Å². The van der Waals surface area contributed by atoms with Crippen LogP contribution in [-0.4, -0.2) is 51.2 Å². The van der Waals surface area contributed by atoms with Gasteiger partial charge in [-0.05, 0) is 46.1 Å². The van der Waals surface area contributed by atoms with Gasteiger partial charge in [-0.1, -0.05) is 0 Å². The van der Waals surface area contributed by atoms with Crippen LogP contribution in [0.5, 0.6) is 0 Å². The zero-order chi connectivity index (χ0) is 20.6. The number of nitrogens with one attached hydrogen (secondary N) is 1. The van der Waals surface area contributed by atoms with Crippen LogP contribution >= 0.6 is 11.3 Å². The molecule has 0 bridgehead atoms. The molecule has 1 aliphatic rings. The zero-order valence-electron chi connectivity index (χ0n) is 16.9. The van der Waals surface area contributed by atoms with E-state index in [1.165, 1.54) is 22.2 Å². The van der Waals surface area contributed by atoms with Crippen molar-refractivity contribution in [1.82, 2.24) is 19.8 Å². The Bertz CT molecular complexity index is 965. The number of ether oxygens (including phenoxy) is 1. The molecule has 9 heteroatoms. The number of hydrogen-bond donors (Lipinski definition) is 1. The minimum absolute atomic E-state index is 0.0217. The number of fused-ring (bicyclic) bond motifs is 1. The van der Waals surface area contributed by atoms with Crippen LogP contribution in [0.1, 0.15) is 48.8 Å². The van der Waals surface area contributed by atoms with Crippen LogP contribution in [0.15, 0.2) is 11.1 Å². The second-order valence-corrected chi connectivity index (χ2v) is 9.11. The van der Waals surface area contributed by atoms with Gasteiger partial charge in [-0.2, -0.15) is 0 Å². The van der Waals surface area contributed by atoms with E-state index in [-0.39, 0.29) is 23.6 Å². The number of aryl methyl sites for hydroxylation is 2. The molecule has 28 heavy (non-hydrogen) atoms. The first-order valence-electron chi connectivity index (χ1n) is 9.30. The molecule has 8 nitrogen and oxygen atoms in total. The fourth-order valence-corrected chi connectivity index (χ4v) is 4.25. The van der Waals surface area contributed by atoms with Crippen molar-refractivity contribution in [2.45, 2.75) is 52.2 Å². The summed E-state index contributed by atoms with van der Waals surface area (Å²) in [6.45, 7) is 8.37. The Morgan fingerprint density at radius 2 is 1.93 bits per heavy atom. The number of amides is 2. The molecule has 2 aromatic heterocycles. The van der Waals surface area contributed by atoms with Gasteiger partial charge in [0.05, 0.1) is 16.6 Å². The van der Waals surface area contributed by atoms with Gasteiger partial charge in [0.2, 0.25) is 0 Å². The van der Waals surface area contributed by atoms with E-state index in [9.17, 15) is 14.4 Å². The largest absolute Gasteiger partial charge is 0.444 e. The number of rotatable bonds is 2. The van der Waals surface area contributed by atoms with Crippen LogP contribution in [0.4, 0.5) is 4.79 Å². The van der Waals surface area contributed by atoms with Crippen molar-refractivity contribution >= 4 is 33.6 Å². The van der Waals surface area contributed by atoms with Gasteiger partial charge < -0.3 is 19.5 Å². The molecule has 2 aromatic rings. The molecule has 0 saturated carbocycles. The molecule has 1 N–H and O–H groups in total. The predicted octanol–water partition coefficient (Wildman–Crippen LogP) is 2.43. The standard InChI is InChI=1S/C19H26N4O4S/c1-11-13-16(20-10-22(5)17(13)25)28-14(11)15(24)21-12-6-8-23(9-7-12)18(26)27-19(2,3)4/h10,12H,6-9H2,1-5H3,(H,21,24). The van der Waals surface area contributed by atoms with Crippen LogP contribution < -0.4 is 10.9 Å². The Balaban J connectivity index is 1.65. The zero-order valence-corrected chi connectivity index (χ0v) is 17.7. The van der Waals surface area contributed by atoms with E-state index < -0.39 is 5.60 Å².